The molecule has 5 rings (SSSR count). The Kier molecular flexibility index (Phi) is 2.92. The Balaban J connectivity index is 1.56. The second kappa shape index (κ2) is 4.49. The summed E-state index contributed by atoms with van der Waals surface area (Å²) in [4.78, 5) is 2.69. The molecule has 2 heteroatoms. The molecule has 0 aromatic heterocycles. The van der Waals surface area contributed by atoms with Crippen molar-refractivity contribution in [1.82, 2.24) is 10.2 Å². The second-order valence-electron chi connectivity index (χ2n) is 7.61. The lowest BCUT2D eigenvalue weighted by Gasteiger charge is -2.57. The molecule has 5 fully saturated rings. The van der Waals surface area contributed by atoms with E-state index in [0.29, 0.717) is 0 Å². The molecule has 1 unspecified atom stereocenters. The minimum atomic E-state index is 0.836. The average Bonchev–Trinajstić information content (AvgIpc) is 2.54. The first-order valence-electron chi connectivity index (χ1n) is 8.22. The Bertz CT molecular complexity index is 286. The van der Waals surface area contributed by atoms with Gasteiger partial charge < -0.3 is 10.2 Å². The minimum absolute atomic E-state index is 0.836. The molecule has 0 spiro atoms. The standard InChI is InChI=1S/C16H28N2/c1-18-4-2-3-17-10-15(18)16-13-6-11-5-12(8-13)9-14(16)7-11/h11-17H,2-10H2,1H3. The van der Waals surface area contributed by atoms with Crippen LogP contribution >= 0.6 is 0 Å². The van der Waals surface area contributed by atoms with Crippen LogP contribution in [0.4, 0.5) is 0 Å². The van der Waals surface area contributed by atoms with Gasteiger partial charge in [-0.3, -0.25) is 0 Å². The van der Waals surface area contributed by atoms with Crippen molar-refractivity contribution in [3.05, 3.63) is 0 Å². The summed E-state index contributed by atoms with van der Waals surface area (Å²) in [7, 11) is 2.38. The van der Waals surface area contributed by atoms with Crippen LogP contribution in [-0.2, 0) is 0 Å². The molecule has 1 heterocycles. The summed E-state index contributed by atoms with van der Waals surface area (Å²) >= 11 is 0. The first kappa shape index (κ1) is 11.7. The van der Waals surface area contributed by atoms with E-state index in [2.05, 4.69) is 17.3 Å². The van der Waals surface area contributed by atoms with Crippen LogP contribution in [0, 0.1) is 29.6 Å². The van der Waals surface area contributed by atoms with Crippen molar-refractivity contribution in [2.24, 2.45) is 29.6 Å². The topological polar surface area (TPSA) is 15.3 Å². The normalized spacial score (nSPS) is 52.5. The van der Waals surface area contributed by atoms with Gasteiger partial charge in [-0.2, -0.15) is 0 Å². The van der Waals surface area contributed by atoms with E-state index in [4.69, 9.17) is 0 Å². The smallest absolute Gasteiger partial charge is 0.0251 e. The van der Waals surface area contributed by atoms with Gasteiger partial charge >= 0.3 is 0 Å². The zero-order valence-electron chi connectivity index (χ0n) is 11.8. The van der Waals surface area contributed by atoms with Crippen LogP contribution in [-0.4, -0.2) is 37.6 Å². The van der Waals surface area contributed by atoms with Crippen LogP contribution in [0.15, 0.2) is 0 Å². The van der Waals surface area contributed by atoms with E-state index in [9.17, 15) is 0 Å². The minimum Gasteiger partial charge on any atom is -0.315 e. The van der Waals surface area contributed by atoms with E-state index in [-0.39, 0.29) is 0 Å². The number of nitrogens with zero attached hydrogens (tertiary/aromatic N) is 1. The molecule has 18 heavy (non-hydrogen) atoms. The molecule has 1 atom stereocenters. The fourth-order valence-corrected chi connectivity index (χ4v) is 6.05. The summed E-state index contributed by atoms with van der Waals surface area (Å²) in [6.07, 6.45) is 9.20. The maximum Gasteiger partial charge on any atom is 0.0251 e. The Morgan fingerprint density at radius 2 is 1.61 bits per heavy atom. The van der Waals surface area contributed by atoms with Gasteiger partial charge in [-0.25, -0.2) is 0 Å². The van der Waals surface area contributed by atoms with E-state index in [1.807, 2.05) is 0 Å². The molecular formula is C16H28N2. The predicted molar refractivity (Wildman–Crippen MR) is 74.4 cm³/mol. The number of likely N-dealkylation sites (N-methyl/N-ethyl adjacent to an activating group) is 1. The molecule has 5 aliphatic rings. The van der Waals surface area contributed by atoms with E-state index >= 15 is 0 Å². The Morgan fingerprint density at radius 1 is 0.944 bits per heavy atom. The van der Waals surface area contributed by atoms with Crippen molar-refractivity contribution < 1.29 is 0 Å². The highest BCUT2D eigenvalue weighted by Crippen LogP contribution is 2.57. The van der Waals surface area contributed by atoms with Crippen molar-refractivity contribution in [1.29, 1.82) is 0 Å². The fraction of sp³-hybridized carbons (Fsp3) is 1.00. The van der Waals surface area contributed by atoms with Gasteiger partial charge in [0.25, 0.3) is 0 Å². The summed E-state index contributed by atoms with van der Waals surface area (Å²) in [5.74, 6) is 5.41. The molecule has 1 aliphatic heterocycles. The monoisotopic (exact) mass is 248 g/mol. The molecule has 0 amide bonds. The van der Waals surface area contributed by atoms with Crippen LogP contribution in [0.25, 0.3) is 0 Å². The van der Waals surface area contributed by atoms with Crippen molar-refractivity contribution >= 4 is 0 Å². The molecular weight excluding hydrogens is 220 g/mol. The highest BCUT2D eigenvalue weighted by molar-refractivity contribution is 5.02. The van der Waals surface area contributed by atoms with E-state index < -0.39 is 0 Å². The molecule has 1 N–H and O–H groups in total. The molecule has 4 aliphatic carbocycles. The van der Waals surface area contributed by atoms with Crippen LogP contribution in [0.1, 0.15) is 38.5 Å². The quantitative estimate of drug-likeness (QED) is 0.766. The molecule has 2 nitrogen and oxygen atoms in total. The van der Waals surface area contributed by atoms with Gasteiger partial charge in [0.15, 0.2) is 0 Å². The first-order chi connectivity index (χ1) is 8.81. The largest absolute Gasteiger partial charge is 0.315 e. The van der Waals surface area contributed by atoms with Gasteiger partial charge in [0.2, 0.25) is 0 Å². The lowest BCUT2D eigenvalue weighted by atomic mass is 9.50. The Labute approximate surface area is 111 Å². The molecule has 0 aromatic carbocycles. The number of nitrogens with one attached hydrogen (secondary N) is 1. The third-order valence-corrected chi connectivity index (χ3v) is 6.53. The van der Waals surface area contributed by atoms with Gasteiger partial charge in [-0.05, 0) is 88.3 Å². The van der Waals surface area contributed by atoms with Gasteiger partial charge in [-0.1, -0.05) is 0 Å². The maximum absolute atomic E-state index is 3.70. The highest BCUT2D eigenvalue weighted by atomic mass is 15.2. The maximum atomic E-state index is 3.70. The molecule has 0 aromatic rings. The fourth-order valence-electron chi connectivity index (χ4n) is 6.05. The molecule has 0 radical (unpaired) electrons. The molecule has 4 bridgehead atoms. The summed E-state index contributed by atoms with van der Waals surface area (Å²) in [5, 5.41) is 3.70. The van der Waals surface area contributed by atoms with Crippen molar-refractivity contribution in [3.8, 4) is 0 Å². The molecule has 102 valence electrons. The van der Waals surface area contributed by atoms with E-state index in [1.165, 1.54) is 26.1 Å². The van der Waals surface area contributed by atoms with Crippen molar-refractivity contribution in [2.45, 2.75) is 44.6 Å². The zero-order valence-corrected chi connectivity index (χ0v) is 11.8. The van der Waals surface area contributed by atoms with Crippen molar-refractivity contribution in [2.75, 3.05) is 26.7 Å². The van der Waals surface area contributed by atoms with E-state index in [0.717, 1.165) is 35.6 Å². The van der Waals surface area contributed by atoms with Crippen LogP contribution in [0.2, 0.25) is 0 Å². The SMILES string of the molecule is CN1CCCNCC1C1C2CC3CC(C2)CC1C3. The van der Waals surface area contributed by atoms with Crippen LogP contribution < -0.4 is 5.32 Å². The van der Waals surface area contributed by atoms with Crippen LogP contribution in [0.5, 0.6) is 0 Å². The third kappa shape index (κ3) is 1.84. The van der Waals surface area contributed by atoms with Gasteiger partial charge in [0, 0.05) is 12.6 Å². The second-order valence-corrected chi connectivity index (χ2v) is 7.61. The average molecular weight is 248 g/mol. The number of hydrogen-bond acceptors (Lipinski definition) is 2. The lowest BCUT2D eigenvalue weighted by molar-refractivity contribution is -0.0682. The Hall–Kier alpha value is -0.0800. The summed E-state index contributed by atoms with van der Waals surface area (Å²) in [6, 6.07) is 0.836. The van der Waals surface area contributed by atoms with Crippen LogP contribution in [0.3, 0.4) is 0 Å². The summed E-state index contributed by atoms with van der Waals surface area (Å²) < 4.78 is 0. The lowest BCUT2D eigenvalue weighted by Crippen LogP contribution is -2.55. The summed E-state index contributed by atoms with van der Waals surface area (Å²) in [6.45, 7) is 3.79. The van der Waals surface area contributed by atoms with Gasteiger partial charge in [0.1, 0.15) is 0 Å². The molecule has 4 saturated carbocycles. The first-order valence-corrected chi connectivity index (χ1v) is 8.22. The third-order valence-electron chi connectivity index (χ3n) is 6.53. The Morgan fingerprint density at radius 3 is 2.28 bits per heavy atom. The predicted octanol–water partition coefficient (Wildman–Crippen LogP) is 2.35. The number of rotatable bonds is 1. The van der Waals surface area contributed by atoms with E-state index in [1.54, 1.807) is 32.1 Å². The number of hydrogen-bond donors (Lipinski definition) is 1. The van der Waals surface area contributed by atoms with Gasteiger partial charge in [-0.15, -0.1) is 0 Å². The molecule has 1 saturated heterocycles. The zero-order chi connectivity index (χ0) is 12.1. The van der Waals surface area contributed by atoms with Gasteiger partial charge in [0.05, 0.1) is 0 Å². The van der Waals surface area contributed by atoms with Crippen molar-refractivity contribution in [3.63, 3.8) is 0 Å². The summed E-state index contributed by atoms with van der Waals surface area (Å²) in [5.41, 5.74) is 0. The highest BCUT2D eigenvalue weighted by Gasteiger charge is 2.51.